The van der Waals surface area contributed by atoms with Crippen molar-refractivity contribution in [2.45, 2.75) is 12.6 Å². The Hall–Kier alpha value is -2.28. The normalized spacial score (nSPS) is 12.2. The molecule has 1 aromatic heterocycles. The second-order valence-electron chi connectivity index (χ2n) is 4.66. The zero-order chi connectivity index (χ0) is 15.4. The molecule has 0 saturated heterocycles. The molecular formula is C14H20N4O3. The molecule has 1 N–H and O–H groups in total. The van der Waals surface area contributed by atoms with E-state index in [4.69, 9.17) is 9.47 Å². The number of nitrogens with zero attached hydrogens (tertiary/aromatic N) is 3. The Morgan fingerprint density at radius 2 is 2.10 bits per heavy atom. The summed E-state index contributed by atoms with van der Waals surface area (Å²) in [5, 5.41) is 7.27. The molecule has 2 rings (SSSR count). The lowest BCUT2D eigenvalue weighted by atomic mass is 10.1. The van der Waals surface area contributed by atoms with Gasteiger partial charge in [0.05, 0.1) is 26.8 Å². The Labute approximate surface area is 123 Å². The number of hydrogen-bond donors (Lipinski definition) is 1. The Morgan fingerprint density at radius 1 is 1.33 bits per heavy atom. The molecule has 0 aliphatic rings. The monoisotopic (exact) mass is 292 g/mol. The van der Waals surface area contributed by atoms with Gasteiger partial charge >= 0.3 is 5.69 Å². The number of rotatable bonds is 6. The molecule has 114 valence electrons. The molecule has 21 heavy (non-hydrogen) atoms. The van der Waals surface area contributed by atoms with Gasteiger partial charge in [-0.2, -0.15) is 5.10 Å². The van der Waals surface area contributed by atoms with E-state index in [9.17, 15) is 4.79 Å². The molecule has 2 aromatic rings. The highest BCUT2D eigenvalue weighted by atomic mass is 16.5. The van der Waals surface area contributed by atoms with Crippen LogP contribution in [0.4, 0.5) is 0 Å². The summed E-state index contributed by atoms with van der Waals surface area (Å²) in [5.41, 5.74) is 0.793. The van der Waals surface area contributed by atoms with Gasteiger partial charge < -0.3 is 14.8 Å². The van der Waals surface area contributed by atoms with Crippen LogP contribution in [0.25, 0.3) is 0 Å². The number of hydrogen-bond acceptors (Lipinski definition) is 5. The summed E-state index contributed by atoms with van der Waals surface area (Å²) < 4.78 is 13.5. The second kappa shape index (κ2) is 6.45. The van der Waals surface area contributed by atoms with Crippen LogP contribution in [0.1, 0.15) is 11.6 Å². The fourth-order valence-corrected chi connectivity index (χ4v) is 2.17. The Morgan fingerprint density at radius 3 is 2.62 bits per heavy atom. The minimum atomic E-state index is -0.150. The molecule has 0 aliphatic carbocycles. The lowest BCUT2D eigenvalue weighted by molar-refractivity contribution is 0.377. The molecule has 7 heteroatoms. The average molecular weight is 292 g/mol. The van der Waals surface area contributed by atoms with Crippen molar-refractivity contribution in [1.82, 2.24) is 19.7 Å². The van der Waals surface area contributed by atoms with Crippen LogP contribution in [-0.2, 0) is 13.6 Å². The third-order valence-electron chi connectivity index (χ3n) is 3.41. The van der Waals surface area contributed by atoms with Gasteiger partial charge in [0.15, 0.2) is 0 Å². The van der Waals surface area contributed by atoms with Crippen molar-refractivity contribution in [3.63, 3.8) is 0 Å². The van der Waals surface area contributed by atoms with Crippen molar-refractivity contribution in [2.75, 3.05) is 21.3 Å². The summed E-state index contributed by atoms with van der Waals surface area (Å²) in [6, 6.07) is 5.51. The predicted octanol–water partition coefficient (Wildman–Crippen LogP) is 0.560. The summed E-state index contributed by atoms with van der Waals surface area (Å²) in [4.78, 5) is 11.9. The smallest absolute Gasteiger partial charge is 0.345 e. The first kappa shape index (κ1) is 15.1. The maximum atomic E-state index is 11.9. The van der Waals surface area contributed by atoms with Gasteiger partial charge in [0.2, 0.25) is 0 Å². The molecule has 0 spiro atoms. The number of benzene rings is 1. The molecule has 1 heterocycles. The van der Waals surface area contributed by atoms with Gasteiger partial charge in [-0.1, -0.05) is 0 Å². The average Bonchev–Trinajstić information content (AvgIpc) is 2.83. The Kier molecular flexibility index (Phi) is 4.64. The van der Waals surface area contributed by atoms with Crippen LogP contribution in [0.15, 0.2) is 29.3 Å². The molecule has 0 fully saturated rings. The van der Waals surface area contributed by atoms with Crippen LogP contribution >= 0.6 is 0 Å². The summed E-state index contributed by atoms with van der Waals surface area (Å²) in [5.74, 6) is 1.43. The van der Waals surface area contributed by atoms with E-state index in [-0.39, 0.29) is 11.7 Å². The zero-order valence-corrected chi connectivity index (χ0v) is 12.7. The van der Waals surface area contributed by atoms with E-state index in [2.05, 4.69) is 10.4 Å². The topological polar surface area (TPSA) is 70.3 Å². The van der Waals surface area contributed by atoms with Gasteiger partial charge in [0, 0.05) is 18.7 Å². The van der Waals surface area contributed by atoms with Gasteiger partial charge in [-0.05, 0) is 19.2 Å². The first-order valence-corrected chi connectivity index (χ1v) is 6.58. The number of aryl methyl sites for hydroxylation is 1. The summed E-state index contributed by atoms with van der Waals surface area (Å²) in [6.07, 6.45) is 1.50. The highest BCUT2D eigenvalue weighted by Crippen LogP contribution is 2.29. The van der Waals surface area contributed by atoms with Gasteiger partial charge in [-0.15, -0.1) is 0 Å². The number of methoxy groups -OCH3 is 2. The molecule has 0 aliphatic heterocycles. The molecule has 1 atom stereocenters. The minimum absolute atomic E-state index is 0.0987. The van der Waals surface area contributed by atoms with Gasteiger partial charge in [0.1, 0.15) is 17.8 Å². The fraction of sp³-hybridized carbons (Fsp3) is 0.429. The summed E-state index contributed by atoms with van der Waals surface area (Å²) in [7, 11) is 6.73. The fourth-order valence-electron chi connectivity index (χ4n) is 2.17. The predicted molar refractivity (Wildman–Crippen MR) is 78.8 cm³/mol. The molecular weight excluding hydrogens is 272 g/mol. The van der Waals surface area contributed by atoms with E-state index >= 15 is 0 Å². The van der Waals surface area contributed by atoms with E-state index < -0.39 is 0 Å². The highest BCUT2D eigenvalue weighted by Gasteiger charge is 2.17. The standard InChI is InChI=1S/C14H20N4O3/c1-15-12(8-18-14(19)17(2)9-16-18)11-6-5-10(20-3)7-13(11)21-4/h5-7,9,12,15H,8H2,1-4H3. The third-order valence-corrected chi connectivity index (χ3v) is 3.41. The molecule has 0 saturated carbocycles. The van der Waals surface area contributed by atoms with E-state index in [1.807, 2.05) is 25.2 Å². The zero-order valence-electron chi connectivity index (χ0n) is 12.7. The summed E-state index contributed by atoms with van der Waals surface area (Å²) in [6.45, 7) is 0.416. The number of nitrogens with one attached hydrogen (secondary N) is 1. The van der Waals surface area contributed by atoms with Gasteiger partial charge in [-0.3, -0.25) is 4.57 Å². The lowest BCUT2D eigenvalue weighted by Gasteiger charge is -2.19. The van der Waals surface area contributed by atoms with Crippen LogP contribution < -0.4 is 20.5 Å². The van der Waals surface area contributed by atoms with Crippen LogP contribution in [0.5, 0.6) is 11.5 Å². The first-order valence-electron chi connectivity index (χ1n) is 6.58. The molecule has 1 unspecified atom stereocenters. The van der Waals surface area contributed by atoms with Crippen molar-refractivity contribution < 1.29 is 9.47 Å². The number of ether oxygens (including phenoxy) is 2. The maximum absolute atomic E-state index is 11.9. The minimum Gasteiger partial charge on any atom is -0.497 e. The number of likely N-dealkylation sites (N-methyl/N-ethyl adjacent to an activating group) is 1. The van der Waals surface area contributed by atoms with Crippen molar-refractivity contribution >= 4 is 0 Å². The Balaban J connectivity index is 2.33. The van der Waals surface area contributed by atoms with E-state index in [1.54, 1.807) is 21.3 Å². The van der Waals surface area contributed by atoms with Gasteiger partial charge in [0.25, 0.3) is 0 Å². The van der Waals surface area contributed by atoms with Crippen LogP contribution in [0.2, 0.25) is 0 Å². The van der Waals surface area contributed by atoms with Crippen molar-refractivity contribution in [2.24, 2.45) is 7.05 Å². The van der Waals surface area contributed by atoms with Crippen molar-refractivity contribution in [3.8, 4) is 11.5 Å². The first-order chi connectivity index (χ1) is 10.1. The lowest BCUT2D eigenvalue weighted by Crippen LogP contribution is -2.30. The van der Waals surface area contributed by atoms with Gasteiger partial charge in [-0.25, -0.2) is 9.48 Å². The van der Waals surface area contributed by atoms with Crippen molar-refractivity contribution in [3.05, 3.63) is 40.6 Å². The van der Waals surface area contributed by atoms with E-state index in [0.29, 0.717) is 12.3 Å². The van der Waals surface area contributed by atoms with Crippen LogP contribution in [0, 0.1) is 0 Å². The number of aromatic nitrogens is 3. The van der Waals surface area contributed by atoms with Crippen LogP contribution in [-0.4, -0.2) is 35.6 Å². The quantitative estimate of drug-likeness (QED) is 0.842. The highest BCUT2D eigenvalue weighted by molar-refractivity contribution is 5.42. The van der Waals surface area contributed by atoms with E-state index in [0.717, 1.165) is 11.3 Å². The third kappa shape index (κ3) is 3.08. The van der Waals surface area contributed by atoms with Crippen molar-refractivity contribution in [1.29, 1.82) is 0 Å². The van der Waals surface area contributed by atoms with Crippen LogP contribution in [0.3, 0.4) is 0 Å². The SMILES string of the molecule is CNC(Cn1ncn(C)c1=O)c1ccc(OC)cc1OC. The van der Waals surface area contributed by atoms with E-state index in [1.165, 1.54) is 15.6 Å². The summed E-state index contributed by atoms with van der Waals surface area (Å²) >= 11 is 0. The molecule has 0 radical (unpaired) electrons. The molecule has 0 amide bonds. The Bertz CT molecular complexity index is 662. The molecule has 0 bridgehead atoms. The largest absolute Gasteiger partial charge is 0.497 e. The second-order valence-corrected chi connectivity index (χ2v) is 4.66. The maximum Gasteiger partial charge on any atom is 0.345 e. The molecule has 7 nitrogen and oxygen atoms in total. The molecule has 1 aromatic carbocycles.